The maximum absolute atomic E-state index is 13.8. The number of carbonyl (C=O) groups is 1. The van der Waals surface area contributed by atoms with Crippen LogP contribution in [0.4, 0.5) is 22.7 Å². The number of phenolic OH excluding ortho intramolecular Hbond substituents is 1. The van der Waals surface area contributed by atoms with Crippen LogP contribution < -0.4 is 24.0 Å². The molecule has 2 aliphatic heterocycles. The van der Waals surface area contributed by atoms with Gasteiger partial charge in [0, 0.05) is 59.6 Å². The predicted octanol–water partition coefficient (Wildman–Crippen LogP) is 10.1. The lowest BCUT2D eigenvalue weighted by Crippen LogP contribution is -2.37. The van der Waals surface area contributed by atoms with E-state index < -0.39 is 31.1 Å². The van der Waals surface area contributed by atoms with E-state index in [1.165, 1.54) is 26.4 Å². The molecule has 0 amide bonds. The van der Waals surface area contributed by atoms with E-state index in [0.717, 1.165) is 62.7 Å². The highest BCUT2D eigenvalue weighted by Gasteiger charge is 2.43. The van der Waals surface area contributed by atoms with Gasteiger partial charge >= 0.3 is 5.97 Å². The number of methoxy groups -OCH3 is 2. The molecule has 12 nitrogen and oxygen atoms in total. The van der Waals surface area contributed by atoms with Crippen LogP contribution in [0.3, 0.4) is 0 Å². The molecule has 2 atom stereocenters. The topological polar surface area (TPSA) is 149 Å². The van der Waals surface area contributed by atoms with Crippen molar-refractivity contribution >= 4 is 48.4 Å². The SMILES string of the molecule is CCCCC1(CC)CN(c2ccccc2)c2cc(OC)c(O)cc2S(=O)(=O)C1.CCCCC1(CC)CN(c2ccccc2)c2cc(OC)c(OCC(=O)OCC)cc2S(=O)(=O)C1. The highest BCUT2D eigenvalue weighted by molar-refractivity contribution is 7.92. The normalized spacial score (nSPS) is 20.0. The van der Waals surface area contributed by atoms with Crippen molar-refractivity contribution in [3.63, 3.8) is 0 Å². The summed E-state index contributed by atoms with van der Waals surface area (Å²) in [6.07, 6.45) is 7.14. The first kappa shape index (κ1) is 48.1. The summed E-state index contributed by atoms with van der Waals surface area (Å²) in [5, 5.41) is 10.3. The van der Waals surface area contributed by atoms with Gasteiger partial charge in [-0.3, -0.25) is 0 Å². The minimum Gasteiger partial charge on any atom is -0.504 e. The van der Waals surface area contributed by atoms with Crippen LogP contribution in [0.1, 0.15) is 86.0 Å². The molecule has 4 aromatic rings. The van der Waals surface area contributed by atoms with Crippen LogP contribution in [-0.2, 0) is 29.2 Å². The van der Waals surface area contributed by atoms with Crippen molar-refractivity contribution in [3.8, 4) is 23.0 Å². The number of aromatic hydroxyl groups is 1. The largest absolute Gasteiger partial charge is 0.504 e. The number of para-hydroxylation sites is 2. The Morgan fingerprint density at radius 3 is 1.52 bits per heavy atom. The van der Waals surface area contributed by atoms with Gasteiger partial charge in [-0.15, -0.1) is 0 Å². The Morgan fingerprint density at radius 1 is 0.645 bits per heavy atom. The van der Waals surface area contributed by atoms with Crippen molar-refractivity contribution in [1.82, 2.24) is 0 Å². The molecule has 0 saturated heterocycles. The van der Waals surface area contributed by atoms with Crippen molar-refractivity contribution < 1.29 is 45.7 Å². The monoisotopic (exact) mass is 892 g/mol. The highest BCUT2D eigenvalue weighted by Crippen LogP contribution is 2.49. The van der Waals surface area contributed by atoms with E-state index in [9.17, 15) is 26.7 Å². The fourth-order valence-corrected chi connectivity index (χ4v) is 12.9. The average Bonchev–Trinajstić information content (AvgIpc) is 3.44. The molecule has 0 saturated carbocycles. The van der Waals surface area contributed by atoms with Crippen LogP contribution in [-0.4, -0.2) is 79.9 Å². The van der Waals surface area contributed by atoms with Crippen molar-refractivity contribution in [2.24, 2.45) is 10.8 Å². The Morgan fingerprint density at radius 2 is 1.10 bits per heavy atom. The molecule has 4 aromatic carbocycles. The summed E-state index contributed by atoms with van der Waals surface area (Å²) in [7, 11) is -4.27. The number of esters is 1. The minimum atomic E-state index is -3.66. The predicted molar refractivity (Wildman–Crippen MR) is 245 cm³/mol. The maximum atomic E-state index is 13.8. The number of benzene rings is 4. The maximum Gasteiger partial charge on any atom is 0.344 e. The molecule has 6 rings (SSSR count). The standard InChI is InChI=1S/C26H35NO6S.C22H29NO4S/c1-5-8-14-26(6-2)18-27(20-12-10-9-11-13-20)21-15-22(31-4)23(33-17-25(28)32-7-3)16-24(21)34(29,30)19-26;1-4-6-12-22(5-2)15-23(17-10-8-7-9-11-17)18-13-20(27-3)19(24)14-21(18)28(25,26)16-22/h9-13,15-16H,5-8,14,17-19H2,1-4H3;7-11,13-14,24H,4-6,12,15-16H2,1-3H3. The van der Waals surface area contributed by atoms with Crippen LogP contribution in [0, 0.1) is 10.8 Å². The number of hydrogen-bond donors (Lipinski definition) is 1. The van der Waals surface area contributed by atoms with Gasteiger partial charge in [0.2, 0.25) is 0 Å². The summed E-state index contributed by atoms with van der Waals surface area (Å²) >= 11 is 0. The molecular formula is C48H64N2O10S2. The smallest absolute Gasteiger partial charge is 0.344 e. The molecule has 2 heterocycles. The summed E-state index contributed by atoms with van der Waals surface area (Å²) in [5.41, 5.74) is 2.21. The third kappa shape index (κ3) is 11.0. The molecule has 0 aromatic heterocycles. The number of phenols is 1. The van der Waals surface area contributed by atoms with Gasteiger partial charge < -0.3 is 33.9 Å². The van der Waals surface area contributed by atoms with E-state index in [4.69, 9.17) is 18.9 Å². The van der Waals surface area contributed by atoms with Gasteiger partial charge in [-0.1, -0.05) is 89.8 Å². The highest BCUT2D eigenvalue weighted by atomic mass is 32.2. The number of fused-ring (bicyclic) bond motifs is 2. The first-order valence-corrected chi connectivity index (χ1v) is 25.0. The molecule has 0 spiro atoms. The lowest BCUT2D eigenvalue weighted by atomic mass is 9.81. The molecule has 0 fully saturated rings. The lowest BCUT2D eigenvalue weighted by molar-refractivity contribution is -0.145. The van der Waals surface area contributed by atoms with Gasteiger partial charge in [-0.25, -0.2) is 21.6 Å². The fraction of sp³-hybridized carbons (Fsp3) is 0.479. The Kier molecular flexibility index (Phi) is 16.2. The first-order chi connectivity index (χ1) is 29.6. The molecule has 338 valence electrons. The zero-order valence-corrected chi connectivity index (χ0v) is 38.9. The van der Waals surface area contributed by atoms with Gasteiger partial charge in [0.25, 0.3) is 0 Å². The Bertz CT molecular complexity index is 2340. The Balaban J connectivity index is 0.000000238. The van der Waals surface area contributed by atoms with E-state index in [1.807, 2.05) is 60.7 Å². The fourth-order valence-electron chi connectivity index (χ4n) is 8.52. The summed E-state index contributed by atoms with van der Waals surface area (Å²) < 4.78 is 75.7. The summed E-state index contributed by atoms with van der Waals surface area (Å²) in [5.74, 6) is 0.274. The van der Waals surface area contributed by atoms with Crippen molar-refractivity contribution in [1.29, 1.82) is 0 Å². The summed E-state index contributed by atoms with van der Waals surface area (Å²) in [6, 6.07) is 25.8. The molecule has 0 radical (unpaired) electrons. The number of anilines is 4. The number of unbranched alkanes of at least 4 members (excludes halogenated alkanes) is 2. The van der Waals surface area contributed by atoms with E-state index in [2.05, 4.69) is 37.5 Å². The van der Waals surface area contributed by atoms with E-state index in [-0.39, 0.29) is 57.2 Å². The number of rotatable bonds is 16. The molecule has 14 heteroatoms. The lowest BCUT2D eigenvalue weighted by Gasteiger charge is -2.36. The molecule has 2 unspecified atom stereocenters. The molecule has 2 aliphatic rings. The second-order valence-electron chi connectivity index (χ2n) is 16.3. The number of ether oxygens (including phenoxy) is 4. The Hall–Kier alpha value is -4.95. The number of carbonyl (C=O) groups excluding carboxylic acids is 1. The number of sulfone groups is 2. The molecule has 1 N–H and O–H groups in total. The summed E-state index contributed by atoms with van der Waals surface area (Å²) in [6.45, 7) is 11.2. The van der Waals surface area contributed by atoms with E-state index in [1.54, 1.807) is 19.1 Å². The molecule has 62 heavy (non-hydrogen) atoms. The van der Waals surface area contributed by atoms with Gasteiger partial charge in [-0.2, -0.15) is 0 Å². The Labute approximate surface area is 369 Å². The third-order valence-corrected chi connectivity index (χ3v) is 16.1. The van der Waals surface area contributed by atoms with E-state index in [0.29, 0.717) is 30.2 Å². The first-order valence-electron chi connectivity index (χ1n) is 21.7. The molecule has 0 aliphatic carbocycles. The van der Waals surface area contributed by atoms with Gasteiger partial charge in [-0.05, 0) is 56.9 Å². The van der Waals surface area contributed by atoms with Crippen LogP contribution >= 0.6 is 0 Å². The van der Waals surface area contributed by atoms with Crippen molar-refractivity contribution in [3.05, 3.63) is 84.9 Å². The second-order valence-corrected chi connectivity index (χ2v) is 20.2. The summed E-state index contributed by atoms with van der Waals surface area (Å²) in [4.78, 5) is 16.3. The third-order valence-electron chi connectivity index (χ3n) is 12.1. The average molecular weight is 893 g/mol. The second kappa shape index (κ2) is 20.9. The van der Waals surface area contributed by atoms with Crippen LogP contribution in [0.5, 0.6) is 23.0 Å². The van der Waals surface area contributed by atoms with Gasteiger partial charge in [0.15, 0.2) is 49.3 Å². The zero-order chi connectivity index (χ0) is 45.1. The van der Waals surface area contributed by atoms with Crippen molar-refractivity contribution in [2.75, 3.05) is 61.8 Å². The zero-order valence-electron chi connectivity index (χ0n) is 37.3. The van der Waals surface area contributed by atoms with Crippen LogP contribution in [0.15, 0.2) is 94.7 Å². The van der Waals surface area contributed by atoms with Crippen LogP contribution in [0.2, 0.25) is 0 Å². The van der Waals surface area contributed by atoms with E-state index >= 15 is 0 Å². The van der Waals surface area contributed by atoms with Crippen molar-refractivity contribution in [2.45, 2.75) is 95.8 Å². The number of hydrogen-bond acceptors (Lipinski definition) is 12. The van der Waals surface area contributed by atoms with Gasteiger partial charge in [0.05, 0.1) is 53.5 Å². The number of nitrogens with zero attached hydrogens (tertiary/aromatic N) is 2. The molecular weight excluding hydrogens is 829 g/mol. The molecule has 0 bridgehead atoms. The van der Waals surface area contributed by atoms with Gasteiger partial charge in [0.1, 0.15) is 0 Å². The van der Waals surface area contributed by atoms with Crippen LogP contribution in [0.25, 0.3) is 0 Å². The minimum absolute atomic E-state index is 0.0521. The quantitative estimate of drug-likeness (QED) is 0.107.